The molecule has 0 atom stereocenters. The summed E-state index contributed by atoms with van der Waals surface area (Å²) < 4.78 is 0. The summed E-state index contributed by atoms with van der Waals surface area (Å²) in [7, 11) is 0. The summed E-state index contributed by atoms with van der Waals surface area (Å²) in [6.45, 7) is 0.684. The molecule has 0 fully saturated rings. The zero-order valence-corrected chi connectivity index (χ0v) is 13.1. The van der Waals surface area contributed by atoms with Gasteiger partial charge in [-0.3, -0.25) is 14.6 Å². The Balaban J connectivity index is 1.46. The highest BCUT2D eigenvalue weighted by atomic mass is 16.2. The smallest absolute Gasteiger partial charge is 0.309 e. The number of fused-ring (bicyclic) bond motifs is 1. The first-order valence-corrected chi connectivity index (χ1v) is 7.74. The van der Waals surface area contributed by atoms with Crippen molar-refractivity contribution in [2.24, 2.45) is 0 Å². The third kappa shape index (κ3) is 3.78. The van der Waals surface area contributed by atoms with E-state index in [-0.39, 0.29) is 6.54 Å². The van der Waals surface area contributed by atoms with Gasteiger partial charge in [-0.2, -0.15) is 0 Å². The van der Waals surface area contributed by atoms with E-state index in [1.54, 1.807) is 18.5 Å². The van der Waals surface area contributed by atoms with Gasteiger partial charge in [-0.15, -0.1) is 0 Å². The molecular weight excluding hydrogens is 304 g/mol. The summed E-state index contributed by atoms with van der Waals surface area (Å²) >= 11 is 0. The van der Waals surface area contributed by atoms with E-state index in [0.29, 0.717) is 13.0 Å². The van der Waals surface area contributed by atoms with Crippen molar-refractivity contribution in [3.63, 3.8) is 0 Å². The van der Waals surface area contributed by atoms with Gasteiger partial charge in [0.15, 0.2) is 0 Å². The van der Waals surface area contributed by atoms with Gasteiger partial charge in [-0.05, 0) is 29.7 Å². The molecule has 24 heavy (non-hydrogen) atoms. The number of nitrogens with one attached hydrogen (secondary N) is 3. The number of nitrogens with zero attached hydrogens (tertiary/aromatic N) is 1. The van der Waals surface area contributed by atoms with Gasteiger partial charge in [0.05, 0.1) is 0 Å². The van der Waals surface area contributed by atoms with E-state index < -0.39 is 11.8 Å². The van der Waals surface area contributed by atoms with Gasteiger partial charge in [0.2, 0.25) is 0 Å². The van der Waals surface area contributed by atoms with Crippen LogP contribution in [0.25, 0.3) is 10.9 Å². The van der Waals surface area contributed by atoms with Crippen LogP contribution in [-0.2, 0) is 22.6 Å². The fraction of sp³-hybridized carbons (Fsp3) is 0.167. The van der Waals surface area contributed by atoms with Crippen LogP contribution in [0.2, 0.25) is 0 Å². The minimum Gasteiger partial charge on any atom is -0.361 e. The Morgan fingerprint density at radius 2 is 1.88 bits per heavy atom. The number of amides is 2. The molecule has 0 saturated carbocycles. The molecule has 0 aliphatic carbocycles. The first kappa shape index (κ1) is 15.7. The van der Waals surface area contributed by atoms with Crippen molar-refractivity contribution in [2.75, 3.05) is 6.54 Å². The van der Waals surface area contributed by atoms with Crippen LogP contribution in [0.1, 0.15) is 11.1 Å². The Morgan fingerprint density at radius 1 is 1.04 bits per heavy atom. The average Bonchev–Trinajstić information content (AvgIpc) is 3.04. The van der Waals surface area contributed by atoms with E-state index >= 15 is 0 Å². The van der Waals surface area contributed by atoms with E-state index in [1.807, 2.05) is 36.5 Å². The minimum atomic E-state index is -0.641. The summed E-state index contributed by atoms with van der Waals surface area (Å²) in [6.07, 6.45) is 5.89. The summed E-state index contributed by atoms with van der Waals surface area (Å²) in [5.74, 6) is -1.27. The van der Waals surface area contributed by atoms with Crippen LogP contribution >= 0.6 is 0 Å². The third-order valence-electron chi connectivity index (χ3n) is 3.74. The Bertz CT molecular complexity index is 842. The number of rotatable bonds is 5. The van der Waals surface area contributed by atoms with Crippen LogP contribution in [0.5, 0.6) is 0 Å². The number of aromatic amines is 1. The third-order valence-corrected chi connectivity index (χ3v) is 3.74. The number of hydrogen-bond donors (Lipinski definition) is 3. The summed E-state index contributed by atoms with van der Waals surface area (Å²) in [5, 5.41) is 6.35. The Hall–Kier alpha value is -3.15. The van der Waals surface area contributed by atoms with E-state index in [9.17, 15) is 9.59 Å². The molecule has 0 bridgehead atoms. The van der Waals surface area contributed by atoms with E-state index in [0.717, 1.165) is 22.0 Å². The highest BCUT2D eigenvalue weighted by Gasteiger charge is 2.12. The lowest BCUT2D eigenvalue weighted by molar-refractivity contribution is -0.139. The first-order chi connectivity index (χ1) is 11.7. The van der Waals surface area contributed by atoms with Crippen molar-refractivity contribution >= 4 is 22.7 Å². The van der Waals surface area contributed by atoms with Crippen molar-refractivity contribution in [2.45, 2.75) is 13.0 Å². The lowest BCUT2D eigenvalue weighted by atomic mass is 10.1. The number of benzene rings is 1. The largest absolute Gasteiger partial charge is 0.361 e. The normalized spacial score (nSPS) is 10.5. The van der Waals surface area contributed by atoms with E-state index in [1.165, 1.54) is 0 Å². The lowest BCUT2D eigenvalue weighted by Crippen LogP contribution is -2.40. The molecule has 0 spiro atoms. The standard InChI is InChI=1S/C18H18N4O2/c23-17(18(24)22-11-13-4-3-8-19-10-13)20-9-7-14-12-21-16-6-2-1-5-15(14)16/h1-6,8,10,12,21H,7,9,11H2,(H,20,23)(H,22,24). The zero-order valence-electron chi connectivity index (χ0n) is 13.1. The van der Waals surface area contributed by atoms with E-state index in [4.69, 9.17) is 0 Å². The molecule has 3 rings (SSSR count). The molecule has 3 aromatic rings. The second-order valence-electron chi connectivity index (χ2n) is 5.41. The topological polar surface area (TPSA) is 86.9 Å². The maximum atomic E-state index is 11.8. The number of para-hydroxylation sites is 1. The van der Waals surface area contributed by atoms with Crippen LogP contribution in [0.3, 0.4) is 0 Å². The molecule has 0 unspecified atom stereocenters. The van der Waals surface area contributed by atoms with Crippen LogP contribution in [-0.4, -0.2) is 28.3 Å². The number of hydrogen-bond acceptors (Lipinski definition) is 3. The van der Waals surface area contributed by atoms with Crippen molar-refractivity contribution in [3.8, 4) is 0 Å². The Kier molecular flexibility index (Phi) is 4.86. The minimum absolute atomic E-state index is 0.280. The Labute approximate surface area is 139 Å². The summed E-state index contributed by atoms with van der Waals surface area (Å²) in [4.78, 5) is 30.7. The Morgan fingerprint density at radius 3 is 2.71 bits per heavy atom. The van der Waals surface area contributed by atoms with Crippen molar-refractivity contribution in [3.05, 3.63) is 66.1 Å². The van der Waals surface area contributed by atoms with Crippen LogP contribution < -0.4 is 10.6 Å². The van der Waals surface area contributed by atoms with Crippen molar-refractivity contribution in [1.82, 2.24) is 20.6 Å². The van der Waals surface area contributed by atoms with Gasteiger partial charge in [0.25, 0.3) is 0 Å². The van der Waals surface area contributed by atoms with Gasteiger partial charge in [0.1, 0.15) is 0 Å². The van der Waals surface area contributed by atoms with Crippen molar-refractivity contribution in [1.29, 1.82) is 0 Å². The number of pyridine rings is 1. The molecule has 1 aromatic carbocycles. The summed E-state index contributed by atoms with van der Waals surface area (Å²) in [6, 6.07) is 11.6. The van der Waals surface area contributed by atoms with Crippen LogP contribution in [0.4, 0.5) is 0 Å². The average molecular weight is 322 g/mol. The quantitative estimate of drug-likeness (QED) is 0.623. The number of aromatic nitrogens is 2. The second-order valence-corrected chi connectivity index (χ2v) is 5.41. The lowest BCUT2D eigenvalue weighted by Gasteiger charge is -2.06. The molecule has 0 aliphatic rings. The predicted octanol–water partition coefficient (Wildman–Crippen LogP) is 1.54. The second kappa shape index (κ2) is 7.41. The molecular formula is C18H18N4O2. The molecule has 0 radical (unpaired) electrons. The first-order valence-electron chi connectivity index (χ1n) is 7.74. The van der Waals surface area contributed by atoms with Gasteiger partial charge >= 0.3 is 11.8 Å². The number of carbonyl (C=O) groups excluding carboxylic acids is 2. The molecule has 0 saturated heterocycles. The molecule has 2 amide bonds. The summed E-state index contributed by atoms with van der Waals surface area (Å²) in [5.41, 5.74) is 3.02. The highest BCUT2D eigenvalue weighted by Crippen LogP contribution is 2.17. The molecule has 0 aliphatic heterocycles. The SMILES string of the molecule is O=C(NCCc1c[nH]c2ccccc12)C(=O)NCc1cccnc1. The van der Waals surface area contributed by atoms with Gasteiger partial charge in [0, 0.05) is 42.6 Å². The maximum Gasteiger partial charge on any atom is 0.309 e. The monoisotopic (exact) mass is 322 g/mol. The molecule has 2 aromatic heterocycles. The van der Waals surface area contributed by atoms with Crippen LogP contribution in [0.15, 0.2) is 55.0 Å². The molecule has 122 valence electrons. The fourth-order valence-electron chi connectivity index (χ4n) is 2.49. The van der Waals surface area contributed by atoms with Crippen LogP contribution in [0, 0.1) is 0 Å². The zero-order chi connectivity index (χ0) is 16.8. The highest BCUT2D eigenvalue weighted by molar-refractivity contribution is 6.35. The predicted molar refractivity (Wildman–Crippen MR) is 91.1 cm³/mol. The molecule has 6 nitrogen and oxygen atoms in total. The van der Waals surface area contributed by atoms with Gasteiger partial charge in [-0.25, -0.2) is 0 Å². The number of carbonyl (C=O) groups is 2. The molecule has 3 N–H and O–H groups in total. The van der Waals surface area contributed by atoms with Gasteiger partial charge in [-0.1, -0.05) is 24.3 Å². The molecule has 6 heteroatoms. The van der Waals surface area contributed by atoms with Gasteiger partial charge < -0.3 is 15.6 Å². The molecule has 2 heterocycles. The fourth-order valence-corrected chi connectivity index (χ4v) is 2.49. The number of H-pyrrole nitrogens is 1. The van der Waals surface area contributed by atoms with E-state index in [2.05, 4.69) is 20.6 Å². The maximum absolute atomic E-state index is 11.8. The van der Waals surface area contributed by atoms with Crippen molar-refractivity contribution < 1.29 is 9.59 Å².